The summed E-state index contributed by atoms with van der Waals surface area (Å²) >= 11 is 0. The Balaban J connectivity index is 1.66. The maximum absolute atomic E-state index is 10.7. The predicted octanol–water partition coefficient (Wildman–Crippen LogP) is 5.35. The van der Waals surface area contributed by atoms with Crippen LogP contribution in [0.5, 0.6) is 11.5 Å². The fraction of sp³-hybridized carbons (Fsp3) is 0.208. The van der Waals surface area contributed by atoms with E-state index in [4.69, 9.17) is 14.6 Å². The van der Waals surface area contributed by atoms with Gasteiger partial charge in [0.2, 0.25) is 0 Å². The van der Waals surface area contributed by atoms with Gasteiger partial charge >= 0.3 is 5.97 Å². The highest BCUT2D eigenvalue weighted by Crippen LogP contribution is 2.30. The molecule has 3 aromatic rings. The summed E-state index contributed by atoms with van der Waals surface area (Å²) in [5.41, 5.74) is 4.21. The second kappa shape index (κ2) is 9.60. The molecule has 1 N–H and O–H groups in total. The Morgan fingerprint density at radius 2 is 1.68 bits per heavy atom. The van der Waals surface area contributed by atoms with Crippen molar-refractivity contribution in [2.75, 3.05) is 6.61 Å². The van der Waals surface area contributed by atoms with Crippen molar-refractivity contribution in [3.8, 4) is 22.6 Å². The topological polar surface area (TPSA) is 55.8 Å². The minimum Gasteiger partial charge on any atom is -0.493 e. The third-order valence-electron chi connectivity index (χ3n) is 4.38. The fourth-order valence-electron chi connectivity index (χ4n) is 2.99. The van der Waals surface area contributed by atoms with Crippen molar-refractivity contribution in [1.29, 1.82) is 0 Å². The number of hydrogen-bond donors (Lipinski definition) is 1. The van der Waals surface area contributed by atoms with Crippen molar-refractivity contribution in [3.63, 3.8) is 0 Å². The first kappa shape index (κ1) is 19.5. The first-order valence-corrected chi connectivity index (χ1v) is 9.40. The van der Waals surface area contributed by atoms with E-state index in [1.54, 1.807) is 0 Å². The molecule has 3 rings (SSSR count). The molecule has 0 heterocycles. The number of para-hydroxylation sites is 1. The zero-order valence-corrected chi connectivity index (χ0v) is 15.9. The molecular formula is C24H24O4. The quantitative estimate of drug-likeness (QED) is 0.547. The number of ether oxygens (including phenoxy) is 2. The van der Waals surface area contributed by atoms with E-state index in [2.05, 4.69) is 18.2 Å². The number of benzene rings is 3. The molecule has 4 heteroatoms. The van der Waals surface area contributed by atoms with Gasteiger partial charge < -0.3 is 14.6 Å². The lowest BCUT2D eigenvalue weighted by Crippen LogP contribution is -1.98. The van der Waals surface area contributed by atoms with E-state index >= 15 is 0 Å². The average molecular weight is 376 g/mol. The van der Waals surface area contributed by atoms with Gasteiger partial charge in [-0.3, -0.25) is 4.79 Å². The summed E-state index contributed by atoms with van der Waals surface area (Å²) in [6.45, 7) is 3.06. The molecule has 0 aromatic heterocycles. The Morgan fingerprint density at radius 3 is 2.43 bits per heavy atom. The zero-order valence-electron chi connectivity index (χ0n) is 15.9. The minimum atomic E-state index is -0.786. The second-order valence-corrected chi connectivity index (χ2v) is 6.46. The normalized spacial score (nSPS) is 10.5. The number of hydrogen-bond acceptors (Lipinski definition) is 3. The molecule has 0 fully saturated rings. The molecule has 0 aliphatic rings. The molecule has 0 unspecified atom stereocenters. The van der Waals surface area contributed by atoms with Crippen LogP contribution in [0.3, 0.4) is 0 Å². The molecule has 144 valence electrons. The van der Waals surface area contributed by atoms with Gasteiger partial charge in [0.1, 0.15) is 18.1 Å². The van der Waals surface area contributed by atoms with E-state index in [1.807, 2.05) is 61.5 Å². The van der Waals surface area contributed by atoms with E-state index in [-0.39, 0.29) is 6.42 Å². The van der Waals surface area contributed by atoms with E-state index in [1.165, 1.54) is 0 Å². The summed E-state index contributed by atoms with van der Waals surface area (Å²) in [4.78, 5) is 10.7. The summed E-state index contributed by atoms with van der Waals surface area (Å²) in [7, 11) is 0. The summed E-state index contributed by atoms with van der Waals surface area (Å²) in [5.74, 6) is 0.852. The summed E-state index contributed by atoms with van der Waals surface area (Å²) < 4.78 is 11.6. The lowest BCUT2D eigenvalue weighted by Gasteiger charge is -2.12. The molecule has 3 aromatic carbocycles. The standard InChI is InChI=1S/C24H24O4/c1-2-27-23-9-4-3-8-22(23)20-7-5-6-19(16-20)17-28-21-13-10-18(11-14-21)12-15-24(25)26/h3-11,13-14,16H,2,12,15,17H2,1H3,(H,25,26). The van der Waals surface area contributed by atoms with Gasteiger partial charge in [-0.25, -0.2) is 0 Å². The molecule has 0 bridgehead atoms. The zero-order chi connectivity index (χ0) is 19.8. The predicted molar refractivity (Wildman–Crippen MR) is 110 cm³/mol. The van der Waals surface area contributed by atoms with Gasteiger partial charge in [0.15, 0.2) is 0 Å². The first-order chi connectivity index (χ1) is 13.7. The van der Waals surface area contributed by atoms with Crippen molar-refractivity contribution >= 4 is 5.97 Å². The highest BCUT2D eigenvalue weighted by atomic mass is 16.5. The molecule has 0 aliphatic heterocycles. The largest absolute Gasteiger partial charge is 0.493 e. The van der Waals surface area contributed by atoms with Gasteiger partial charge in [0, 0.05) is 12.0 Å². The summed E-state index contributed by atoms with van der Waals surface area (Å²) in [6.07, 6.45) is 0.660. The van der Waals surface area contributed by atoms with Crippen molar-refractivity contribution in [2.45, 2.75) is 26.4 Å². The molecule has 0 spiro atoms. The van der Waals surface area contributed by atoms with Gasteiger partial charge in [-0.1, -0.05) is 48.5 Å². The van der Waals surface area contributed by atoms with E-state index in [9.17, 15) is 4.79 Å². The molecule has 0 amide bonds. The van der Waals surface area contributed by atoms with E-state index < -0.39 is 5.97 Å². The van der Waals surface area contributed by atoms with Crippen LogP contribution in [0.2, 0.25) is 0 Å². The van der Waals surface area contributed by atoms with Crippen molar-refractivity contribution in [2.24, 2.45) is 0 Å². The molecule has 0 saturated carbocycles. The van der Waals surface area contributed by atoms with Crippen LogP contribution >= 0.6 is 0 Å². The van der Waals surface area contributed by atoms with Crippen LogP contribution in [-0.4, -0.2) is 17.7 Å². The number of carbonyl (C=O) groups is 1. The molecule has 4 nitrogen and oxygen atoms in total. The van der Waals surface area contributed by atoms with Crippen LogP contribution in [0.15, 0.2) is 72.8 Å². The van der Waals surface area contributed by atoms with Crippen LogP contribution in [-0.2, 0) is 17.8 Å². The molecule has 28 heavy (non-hydrogen) atoms. The Kier molecular flexibility index (Phi) is 6.68. The molecule has 0 atom stereocenters. The Hall–Kier alpha value is -3.27. The maximum atomic E-state index is 10.7. The second-order valence-electron chi connectivity index (χ2n) is 6.46. The highest BCUT2D eigenvalue weighted by molar-refractivity contribution is 5.71. The van der Waals surface area contributed by atoms with Gasteiger partial charge in [-0.15, -0.1) is 0 Å². The smallest absolute Gasteiger partial charge is 0.303 e. The molecule has 0 saturated heterocycles. The van der Waals surface area contributed by atoms with Gasteiger partial charge in [0.05, 0.1) is 6.61 Å². The lowest BCUT2D eigenvalue weighted by molar-refractivity contribution is -0.136. The first-order valence-electron chi connectivity index (χ1n) is 9.40. The maximum Gasteiger partial charge on any atom is 0.303 e. The summed E-state index contributed by atoms with van der Waals surface area (Å²) in [5, 5.41) is 8.76. The average Bonchev–Trinajstić information content (AvgIpc) is 2.72. The SMILES string of the molecule is CCOc1ccccc1-c1cccc(COc2ccc(CCC(=O)O)cc2)c1. The monoisotopic (exact) mass is 376 g/mol. The molecule has 0 aliphatic carbocycles. The Labute approximate surface area is 165 Å². The van der Waals surface area contributed by atoms with Crippen LogP contribution < -0.4 is 9.47 Å². The van der Waals surface area contributed by atoms with Crippen molar-refractivity contribution in [1.82, 2.24) is 0 Å². The third-order valence-corrected chi connectivity index (χ3v) is 4.38. The van der Waals surface area contributed by atoms with Crippen LogP contribution in [0.25, 0.3) is 11.1 Å². The van der Waals surface area contributed by atoms with Crippen LogP contribution in [0, 0.1) is 0 Å². The molecular weight excluding hydrogens is 352 g/mol. The van der Waals surface area contributed by atoms with E-state index in [0.29, 0.717) is 19.6 Å². The number of carboxylic acid groups (broad SMARTS) is 1. The fourth-order valence-corrected chi connectivity index (χ4v) is 2.99. The van der Waals surface area contributed by atoms with Gasteiger partial charge in [-0.05, 0) is 54.3 Å². The number of aryl methyl sites for hydroxylation is 1. The minimum absolute atomic E-state index is 0.135. The van der Waals surface area contributed by atoms with E-state index in [0.717, 1.165) is 33.8 Å². The van der Waals surface area contributed by atoms with Gasteiger partial charge in [-0.2, -0.15) is 0 Å². The third kappa shape index (κ3) is 5.36. The lowest BCUT2D eigenvalue weighted by atomic mass is 10.0. The number of aliphatic carboxylic acids is 1. The summed E-state index contributed by atoms with van der Waals surface area (Å²) in [6, 6.07) is 23.8. The number of carboxylic acids is 1. The van der Waals surface area contributed by atoms with Gasteiger partial charge in [0.25, 0.3) is 0 Å². The van der Waals surface area contributed by atoms with Crippen molar-refractivity contribution in [3.05, 3.63) is 83.9 Å². The molecule has 0 radical (unpaired) electrons. The Morgan fingerprint density at radius 1 is 0.893 bits per heavy atom. The van der Waals surface area contributed by atoms with Crippen molar-refractivity contribution < 1.29 is 19.4 Å². The Bertz CT molecular complexity index is 916. The van der Waals surface area contributed by atoms with Crippen LogP contribution in [0.1, 0.15) is 24.5 Å². The highest BCUT2D eigenvalue weighted by Gasteiger charge is 2.07. The van der Waals surface area contributed by atoms with Crippen LogP contribution in [0.4, 0.5) is 0 Å². The number of rotatable bonds is 9.